The molecule has 0 saturated heterocycles. The molecule has 5 heteroatoms. The summed E-state index contributed by atoms with van der Waals surface area (Å²) in [5.74, 6) is 0.680. The van der Waals surface area contributed by atoms with Gasteiger partial charge in [-0.1, -0.05) is 164 Å². The number of hydrogen-bond donors (Lipinski definition) is 0. The van der Waals surface area contributed by atoms with Crippen molar-refractivity contribution in [3.8, 4) is 67.4 Å². The van der Waals surface area contributed by atoms with Gasteiger partial charge in [0.05, 0.1) is 17.1 Å². The second-order valence-electron chi connectivity index (χ2n) is 13.1. The molecule has 0 amide bonds. The molecule has 0 atom stereocenters. The predicted octanol–water partition coefficient (Wildman–Crippen LogP) is 11.8. The van der Waals surface area contributed by atoms with Crippen LogP contribution in [0.25, 0.3) is 95.0 Å². The van der Waals surface area contributed by atoms with Crippen molar-refractivity contribution in [1.82, 2.24) is 24.3 Å². The molecule has 0 aliphatic heterocycles. The van der Waals surface area contributed by atoms with Crippen LogP contribution in [-0.2, 0) is 0 Å². The lowest BCUT2D eigenvalue weighted by atomic mass is 9.99. The smallest absolute Gasteiger partial charge is 0.165 e. The van der Waals surface area contributed by atoms with Crippen LogP contribution in [0.5, 0.6) is 0 Å². The van der Waals surface area contributed by atoms with Crippen LogP contribution in [-0.4, -0.2) is 24.3 Å². The van der Waals surface area contributed by atoms with E-state index in [0.717, 1.165) is 72.5 Å². The molecule has 0 spiro atoms. The van der Waals surface area contributed by atoms with Crippen molar-refractivity contribution >= 4 is 27.6 Å². The molecule has 248 valence electrons. The van der Waals surface area contributed by atoms with Crippen LogP contribution >= 0.6 is 0 Å². The monoisotopic (exact) mass is 677 g/mol. The van der Waals surface area contributed by atoms with Gasteiger partial charge in [0.1, 0.15) is 11.2 Å². The molecule has 0 aliphatic rings. The van der Waals surface area contributed by atoms with Crippen molar-refractivity contribution in [3.05, 3.63) is 188 Å². The zero-order chi connectivity index (χ0) is 35.1. The first-order valence-electron chi connectivity index (χ1n) is 17.7. The Morgan fingerprint density at radius 1 is 0.340 bits per heavy atom. The van der Waals surface area contributed by atoms with Crippen LogP contribution in [0.1, 0.15) is 0 Å². The standard InChI is InChI=1S/C48H31N5/c1-3-11-32(12-4-1)34-18-22-36(23-19-34)42-31-43(50-47(49-42)39-28-20-35(21-29-39)33-13-5-2-6-14-33)37-24-26-38(27-25-37)45-40-15-7-8-16-41(40)46-48(52-45)53-30-10-9-17-44(53)51-46/h1-31H. The van der Waals surface area contributed by atoms with Crippen molar-refractivity contribution in [2.24, 2.45) is 0 Å². The summed E-state index contributed by atoms with van der Waals surface area (Å²) in [5, 5.41) is 2.16. The third-order valence-electron chi connectivity index (χ3n) is 9.88. The Bertz CT molecular complexity index is 2800. The highest BCUT2D eigenvalue weighted by atomic mass is 15.1. The molecular weight excluding hydrogens is 647 g/mol. The van der Waals surface area contributed by atoms with Gasteiger partial charge in [-0.3, -0.25) is 4.40 Å². The summed E-state index contributed by atoms with van der Waals surface area (Å²) in [6.45, 7) is 0. The van der Waals surface area contributed by atoms with Gasteiger partial charge in [0.15, 0.2) is 11.5 Å². The van der Waals surface area contributed by atoms with Crippen molar-refractivity contribution in [2.45, 2.75) is 0 Å². The highest BCUT2D eigenvalue weighted by Gasteiger charge is 2.16. The number of aromatic nitrogens is 5. The first-order valence-corrected chi connectivity index (χ1v) is 17.7. The van der Waals surface area contributed by atoms with E-state index >= 15 is 0 Å². The summed E-state index contributed by atoms with van der Waals surface area (Å²) in [6, 6.07) is 63.0. The Hall–Kier alpha value is -7.24. The minimum absolute atomic E-state index is 0.680. The number of nitrogens with zero attached hydrogens (tertiary/aromatic N) is 5. The Balaban J connectivity index is 1.07. The Morgan fingerprint density at radius 3 is 1.42 bits per heavy atom. The van der Waals surface area contributed by atoms with E-state index in [1.807, 2.05) is 36.5 Å². The van der Waals surface area contributed by atoms with E-state index < -0.39 is 0 Å². The van der Waals surface area contributed by atoms with Crippen molar-refractivity contribution in [3.63, 3.8) is 0 Å². The van der Waals surface area contributed by atoms with Gasteiger partial charge in [0.25, 0.3) is 0 Å². The number of imidazole rings is 1. The molecule has 4 heterocycles. The normalized spacial score (nSPS) is 11.4. The van der Waals surface area contributed by atoms with E-state index in [1.165, 1.54) is 16.7 Å². The quantitative estimate of drug-likeness (QED) is 0.176. The van der Waals surface area contributed by atoms with E-state index in [0.29, 0.717) is 5.82 Å². The highest BCUT2D eigenvalue weighted by molar-refractivity contribution is 6.09. The first-order chi connectivity index (χ1) is 26.2. The fourth-order valence-corrected chi connectivity index (χ4v) is 7.13. The first kappa shape index (κ1) is 30.6. The molecule has 6 aromatic carbocycles. The van der Waals surface area contributed by atoms with Gasteiger partial charge in [-0.2, -0.15) is 0 Å². The van der Waals surface area contributed by atoms with Crippen LogP contribution in [0, 0.1) is 0 Å². The molecule has 0 fully saturated rings. The maximum atomic E-state index is 5.20. The number of hydrogen-bond acceptors (Lipinski definition) is 4. The van der Waals surface area contributed by atoms with Gasteiger partial charge in [-0.05, 0) is 40.5 Å². The molecule has 0 aliphatic carbocycles. The van der Waals surface area contributed by atoms with Crippen molar-refractivity contribution in [1.29, 1.82) is 0 Å². The Kier molecular flexibility index (Phi) is 7.40. The third-order valence-corrected chi connectivity index (χ3v) is 9.88. The molecule has 10 rings (SSSR count). The summed E-state index contributed by atoms with van der Waals surface area (Å²) < 4.78 is 2.06. The Morgan fingerprint density at radius 2 is 0.811 bits per heavy atom. The maximum absolute atomic E-state index is 5.20. The topological polar surface area (TPSA) is 56.0 Å². The second kappa shape index (κ2) is 12.8. The van der Waals surface area contributed by atoms with Crippen LogP contribution in [0.2, 0.25) is 0 Å². The Labute approximate surface area is 306 Å². The fraction of sp³-hybridized carbons (Fsp3) is 0. The van der Waals surface area contributed by atoms with Crippen molar-refractivity contribution < 1.29 is 0 Å². The molecule has 5 nitrogen and oxygen atoms in total. The molecule has 0 radical (unpaired) electrons. The van der Waals surface area contributed by atoms with E-state index in [-0.39, 0.29) is 0 Å². The lowest BCUT2D eigenvalue weighted by Crippen LogP contribution is -1.96. The van der Waals surface area contributed by atoms with Crippen molar-refractivity contribution in [2.75, 3.05) is 0 Å². The lowest BCUT2D eigenvalue weighted by Gasteiger charge is -2.12. The van der Waals surface area contributed by atoms with E-state index in [4.69, 9.17) is 19.9 Å². The number of benzene rings is 6. The van der Waals surface area contributed by atoms with Crippen LogP contribution in [0.15, 0.2) is 188 Å². The molecule has 4 aromatic heterocycles. The zero-order valence-corrected chi connectivity index (χ0v) is 28.6. The van der Waals surface area contributed by atoms with Crippen LogP contribution in [0.4, 0.5) is 0 Å². The predicted molar refractivity (Wildman–Crippen MR) is 216 cm³/mol. The van der Waals surface area contributed by atoms with Gasteiger partial charge in [-0.25, -0.2) is 19.9 Å². The molecule has 0 saturated carbocycles. The number of fused-ring (bicyclic) bond motifs is 5. The molecule has 53 heavy (non-hydrogen) atoms. The lowest BCUT2D eigenvalue weighted by molar-refractivity contribution is 1.18. The SMILES string of the molecule is c1ccc(-c2ccc(-c3cc(-c4ccc(-c5nc6c(nc7ccccn76)c6ccccc56)cc4)nc(-c4ccc(-c5ccccc5)cc4)n3)cc2)cc1. The summed E-state index contributed by atoms with van der Waals surface area (Å²) in [4.78, 5) is 20.4. The number of pyridine rings is 2. The maximum Gasteiger partial charge on any atom is 0.165 e. The van der Waals surface area contributed by atoms with E-state index in [9.17, 15) is 0 Å². The largest absolute Gasteiger partial charge is 0.284 e. The highest BCUT2D eigenvalue weighted by Crippen LogP contribution is 2.35. The molecule has 0 N–H and O–H groups in total. The minimum atomic E-state index is 0.680. The fourth-order valence-electron chi connectivity index (χ4n) is 7.13. The van der Waals surface area contributed by atoms with Gasteiger partial charge >= 0.3 is 0 Å². The van der Waals surface area contributed by atoms with Gasteiger partial charge in [-0.15, -0.1) is 0 Å². The number of rotatable bonds is 6. The second-order valence-corrected chi connectivity index (χ2v) is 13.1. The van der Waals surface area contributed by atoms with E-state index in [1.54, 1.807) is 0 Å². The molecular formula is C48H31N5. The summed E-state index contributed by atoms with van der Waals surface area (Å²) in [6.07, 6.45) is 2.02. The molecule has 0 unspecified atom stereocenters. The minimum Gasteiger partial charge on any atom is -0.284 e. The van der Waals surface area contributed by atoms with E-state index in [2.05, 4.69) is 156 Å². The average Bonchev–Trinajstić information content (AvgIpc) is 3.63. The summed E-state index contributed by atoms with van der Waals surface area (Å²) in [7, 11) is 0. The van der Waals surface area contributed by atoms with Gasteiger partial charge in [0, 0.05) is 39.2 Å². The summed E-state index contributed by atoms with van der Waals surface area (Å²) >= 11 is 0. The molecule has 0 bridgehead atoms. The van der Waals surface area contributed by atoms with Gasteiger partial charge in [0.2, 0.25) is 0 Å². The van der Waals surface area contributed by atoms with Gasteiger partial charge < -0.3 is 0 Å². The third kappa shape index (κ3) is 5.61. The zero-order valence-electron chi connectivity index (χ0n) is 28.6. The van der Waals surface area contributed by atoms with Crippen LogP contribution < -0.4 is 0 Å². The summed E-state index contributed by atoms with van der Waals surface area (Å²) in [5.41, 5.74) is 14.0. The molecule has 10 aromatic rings. The average molecular weight is 678 g/mol. The van der Waals surface area contributed by atoms with Crippen LogP contribution in [0.3, 0.4) is 0 Å².